The lowest BCUT2D eigenvalue weighted by atomic mass is 10.0. The Morgan fingerprint density at radius 2 is 1.68 bits per heavy atom. The second-order valence-electron chi connectivity index (χ2n) is 7.40. The molecule has 1 saturated heterocycles. The van der Waals surface area contributed by atoms with Crippen LogP contribution in [0.2, 0.25) is 0 Å². The molecule has 0 saturated carbocycles. The van der Waals surface area contributed by atoms with Crippen molar-refractivity contribution in [1.82, 2.24) is 24.8 Å². The monoisotopic (exact) mass is 427 g/mol. The normalized spacial score (nSPS) is 18.2. The van der Waals surface area contributed by atoms with Crippen molar-refractivity contribution in [1.29, 1.82) is 0 Å². The van der Waals surface area contributed by atoms with Gasteiger partial charge >= 0.3 is 0 Å². The largest absolute Gasteiger partial charge is 0.508 e. The summed E-state index contributed by atoms with van der Waals surface area (Å²) in [7, 11) is 0. The van der Waals surface area contributed by atoms with Gasteiger partial charge in [-0.1, -0.05) is 12.1 Å². The van der Waals surface area contributed by atoms with Crippen LogP contribution < -0.4 is 5.32 Å². The van der Waals surface area contributed by atoms with Crippen molar-refractivity contribution in [2.45, 2.75) is 18.6 Å². The SMILES string of the molecule is Oc1ccc(-n2cccc2[C@@H]2[C@@H](c3ccccn3)NC(=S)N2Cc2ccccn2)cc1. The highest BCUT2D eigenvalue weighted by atomic mass is 32.1. The summed E-state index contributed by atoms with van der Waals surface area (Å²) >= 11 is 5.76. The maximum Gasteiger partial charge on any atom is 0.170 e. The zero-order chi connectivity index (χ0) is 21.2. The first-order valence-electron chi connectivity index (χ1n) is 10.1. The van der Waals surface area contributed by atoms with Gasteiger partial charge in [-0.3, -0.25) is 9.97 Å². The van der Waals surface area contributed by atoms with Crippen LogP contribution in [0.15, 0.2) is 91.4 Å². The van der Waals surface area contributed by atoms with Gasteiger partial charge in [0.25, 0.3) is 0 Å². The van der Waals surface area contributed by atoms with Crippen LogP contribution >= 0.6 is 12.2 Å². The summed E-state index contributed by atoms with van der Waals surface area (Å²) in [6, 6.07) is 22.9. The number of phenols is 1. The molecule has 0 aliphatic carbocycles. The van der Waals surface area contributed by atoms with Gasteiger partial charge in [0.05, 0.1) is 30.0 Å². The molecule has 0 radical (unpaired) electrons. The first kappa shape index (κ1) is 19.3. The highest BCUT2D eigenvalue weighted by Crippen LogP contribution is 2.40. The van der Waals surface area contributed by atoms with E-state index in [0.29, 0.717) is 11.7 Å². The summed E-state index contributed by atoms with van der Waals surface area (Å²) in [5.41, 5.74) is 3.91. The fraction of sp³-hybridized carbons (Fsp3) is 0.125. The average Bonchev–Trinajstić information content (AvgIpc) is 3.40. The maximum absolute atomic E-state index is 9.71. The number of aromatic hydroxyl groups is 1. The zero-order valence-electron chi connectivity index (χ0n) is 16.7. The summed E-state index contributed by atoms with van der Waals surface area (Å²) in [5.74, 6) is 0.240. The highest BCUT2D eigenvalue weighted by Gasteiger charge is 2.41. The van der Waals surface area contributed by atoms with Crippen LogP contribution in [0.4, 0.5) is 0 Å². The average molecular weight is 428 g/mol. The molecule has 5 rings (SSSR count). The van der Waals surface area contributed by atoms with E-state index >= 15 is 0 Å². The second kappa shape index (κ2) is 8.20. The van der Waals surface area contributed by atoms with Crippen molar-refractivity contribution in [3.05, 3.63) is 108 Å². The molecule has 7 heteroatoms. The maximum atomic E-state index is 9.71. The summed E-state index contributed by atoms with van der Waals surface area (Å²) in [4.78, 5) is 11.3. The quantitative estimate of drug-likeness (QED) is 0.467. The summed E-state index contributed by atoms with van der Waals surface area (Å²) in [6.07, 6.45) is 5.63. The topological polar surface area (TPSA) is 66.2 Å². The van der Waals surface area contributed by atoms with E-state index in [-0.39, 0.29) is 17.8 Å². The number of hydrogen-bond acceptors (Lipinski definition) is 4. The van der Waals surface area contributed by atoms with Crippen molar-refractivity contribution in [3.63, 3.8) is 0 Å². The number of benzene rings is 1. The molecule has 154 valence electrons. The van der Waals surface area contributed by atoms with Crippen LogP contribution in [-0.4, -0.2) is 29.7 Å². The first-order chi connectivity index (χ1) is 15.2. The summed E-state index contributed by atoms with van der Waals surface area (Å²) < 4.78 is 2.13. The second-order valence-corrected chi connectivity index (χ2v) is 7.78. The lowest BCUT2D eigenvalue weighted by Gasteiger charge is -2.28. The number of rotatable bonds is 5. The van der Waals surface area contributed by atoms with Crippen molar-refractivity contribution in [2.24, 2.45) is 0 Å². The molecule has 0 amide bonds. The molecule has 4 heterocycles. The number of pyridine rings is 2. The molecule has 2 N–H and O–H groups in total. The van der Waals surface area contributed by atoms with Gasteiger partial charge in [-0.15, -0.1) is 0 Å². The Labute approximate surface area is 185 Å². The third-order valence-corrected chi connectivity index (χ3v) is 5.82. The molecule has 0 spiro atoms. The van der Waals surface area contributed by atoms with Crippen molar-refractivity contribution in [2.75, 3.05) is 0 Å². The van der Waals surface area contributed by atoms with Crippen molar-refractivity contribution >= 4 is 17.3 Å². The van der Waals surface area contributed by atoms with Crippen LogP contribution in [-0.2, 0) is 6.54 Å². The third-order valence-electron chi connectivity index (χ3n) is 5.47. The zero-order valence-corrected chi connectivity index (χ0v) is 17.5. The van der Waals surface area contributed by atoms with E-state index in [2.05, 4.69) is 30.8 Å². The van der Waals surface area contributed by atoms with Crippen LogP contribution in [0.3, 0.4) is 0 Å². The Hall–Kier alpha value is -3.71. The van der Waals surface area contributed by atoms with Crippen molar-refractivity contribution < 1.29 is 5.11 Å². The Bertz CT molecular complexity index is 1180. The van der Waals surface area contributed by atoms with Crippen LogP contribution in [0.25, 0.3) is 5.69 Å². The van der Waals surface area contributed by atoms with Crippen LogP contribution in [0.1, 0.15) is 29.2 Å². The molecule has 1 aliphatic heterocycles. The molecule has 1 aliphatic rings. The van der Waals surface area contributed by atoms with Gasteiger partial charge in [0.1, 0.15) is 5.75 Å². The third kappa shape index (κ3) is 3.75. The fourth-order valence-electron chi connectivity index (χ4n) is 4.05. The van der Waals surface area contributed by atoms with E-state index < -0.39 is 0 Å². The van der Waals surface area contributed by atoms with Crippen LogP contribution in [0.5, 0.6) is 5.75 Å². The smallest absolute Gasteiger partial charge is 0.170 e. The molecular formula is C24H21N5OS. The lowest BCUT2D eigenvalue weighted by Crippen LogP contribution is -2.30. The Kier molecular flexibility index (Phi) is 5.09. The molecule has 0 unspecified atom stereocenters. The molecular weight excluding hydrogens is 406 g/mol. The van der Waals surface area contributed by atoms with Crippen molar-refractivity contribution in [3.8, 4) is 11.4 Å². The highest BCUT2D eigenvalue weighted by molar-refractivity contribution is 7.80. The molecule has 31 heavy (non-hydrogen) atoms. The molecule has 4 aromatic rings. The van der Waals surface area contributed by atoms with E-state index in [9.17, 15) is 5.11 Å². The van der Waals surface area contributed by atoms with E-state index in [1.165, 1.54) is 0 Å². The number of hydrogen-bond donors (Lipinski definition) is 2. The predicted molar refractivity (Wildman–Crippen MR) is 123 cm³/mol. The van der Waals surface area contributed by atoms with Gasteiger partial charge in [-0.2, -0.15) is 0 Å². The number of aromatic nitrogens is 3. The molecule has 1 fully saturated rings. The fourth-order valence-corrected chi connectivity index (χ4v) is 4.35. The summed E-state index contributed by atoms with van der Waals surface area (Å²) in [6.45, 7) is 0.585. The standard InChI is InChI=1S/C24H21N5OS/c30-19-11-9-18(10-12-19)28-15-5-8-21(28)23-22(20-7-2-4-14-26-20)27-24(31)29(23)16-17-6-1-3-13-25-17/h1-15,22-23,30H,16H2,(H,27,31)/t22-,23-/m1/s1. The predicted octanol–water partition coefficient (Wildman–Crippen LogP) is 4.15. The van der Waals surface area contributed by atoms with Crippen LogP contribution in [0, 0.1) is 0 Å². The lowest BCUT2D eigenvalue weighted by molar-refractivity contribution is 0.299. The van der Waals surface area contributed by atoms with Gasteiger partial charge in [0.2, 0.25) is 0 Å². The minimum absolute atomic E-state index is 0.0896. The number of nitrogens with one attached hydrogen (secondary N) is 1. The van der Waals surface area contributed by atoms with Gasteiger partial charge in [0.15, 0.2) is 5.11 Å². The van der Waals surface area contributed by atoms with E-state index in [1.54, 1.807) is 24.5 Å². The van der Waals surface area contributed by atoms with Gasteiger partial charge < -0.3 is 19.9 Å². The summed E-state index contributed by atoms with van der Waals surface area (Å²) in [5, 5.41) is 13.9. The van der Waals surface area contributed by atoms with E-state index in [4.69, 9.17) is 12.2 Å². The van der Waals surface area contributed by atoms with Gasteiger partial charge in [-0.05, 0) is 72.9 Å². The molecule has 0 bridgehead atoms. The first-order valence-corrected chi connectivity index (χ1v) is 10.5. The van der Waals surface area contributed by atoms with E-state index in [1.807, 2.05) is 60.8 Å². The Balaban J connectivity index is 1.60. The Morgan fingerprint density at radius 1 is 0.903 bits per heavy atom. The Morgan fingerprint density at radius 3 is 2.39 bits per heavy atom. The minimum Gasteiger partial charge on any atom is -0.508 e. The van der Waals surface area contributed by atoms with Gasteiger partial charge in [0, 0.05) is 30.0 Å². The van der Waals surface area contributed by atoms with E-state index in [0.717, 1.165) is 22.8 Å². The molecule has 6 nitrogen and oxygen atoms in total. The number of nitrogens with zero attached hydrogens (tertiary/aromatic N) is 4. The molecule has 1 aromatic carbocycles. The number of phenolic OH excluding ortho intramolecular Hbond substituents is 1. The minimum atomic E-state index is -0.108. The van der Waals surface area contributed by atoms with Gasteiger partial charge in [-0.25, -0.2) is 0 Å². The number of thiocarbonyl (C=S) groups is 1. The molecule has 2 atom stereocenters. The molecule has 3 aromatic heterocycles.